The number of aliphatic hydroxyl groups excluding tert-OH is 1. The molecule has 1 aromatic rings. The molecule has 2 heterocycles. The number of carbonyl (C=O) groups excluding carboxylic acids is 1. The van der Waals surface area contributed by atoms with Crippen LogP contribution in [0.15, 0.2) is 24.3 Å². The summed E-state index contributed by atoms with van der Waals surface area (Å²) in [6.45, 7) is 8.58. The number of ether oxygens (including phenoxy) is 1. The van der Waals surface area contributed by atoms with Gasteiger partial charge < -0.3 is 20.5 Å². The van der Waals surface area contributed by atoms with Crippen LogP contribution in [-0.4, -0.2) is 91.8 Å². The summed E-state index contributed by atoms with van der Waals surface area (Å²) in [5, 5.41) is 16.9. The van der Waals surface area contributed by atoms with Gasteiger partial charge in [-0.15, -0.1) is 0 Å². The van der Waals surface area contributed by atoms with Crippen LogP contribution >= 0.6 is 0 Å². The molecule has 2 unspecified atom stereocenters. The Hall–Kier alpha value is -2.16. The van der Waals surface area contributed by atoms with Crippen molar-refractivity contribution < 1.29 is 14.6 Å². The fourth-order valence-corrected chi connectivity index (χ4v) is 4.91. The number of piperidine rings is 1. The molecule has 2 aliphatic rings. The minimum atomic E-state index is -0.147. The van der Waals surface area contributed by atoms with Gasteiger partial charge in [-0.05, 0) is 56.4 Å². The van der Waals surface area contributed by atoms with Gasteiger partial charge in [-0.3, -0.25) is 20.0 Å². The summed E-state index contributed by atoms with van der Waals surface area (Å²) < 4.78 is 5.12. The van der Waals surface area contributed by atoms with Crippen LogP contribution in [0.4, 0.5) is 5.69 Å². The van der Waals surface area contributed by atoms with E-state index in [1.807, 2.05) is 31.2 Å². The highest BCUT2D eigenvalue weighted by atomic mass is 16.5. The Labute approximate surface area is 185 Å². The number of piperazine rings is 1. The predicted molar refractivity (Wildman–Crippen MR) is 123 cm³/mol. The minimum Gasteiger partial charge on any atom is -0.465 e. The average molecular weight is 432 g/mol. The number of benzene rings is 1. The van der Waals surface area contributed by atoms with Gasteiger partial charge in [0.25, 0.3) is 0 Å². The number of carbonyl (C=O) groups is 1. The van der Waals surface area contributed by atoms with Crippen LogP contribution in [0.2, 0.25) is 0 Å². The normalized spacial score (nSPS) is 23.0. The molecule has 4 N–H and O–H groups in total. The number of likely N-dealkylation sites (tertiary alicyclic amines) is 1. The number of esters is 1. The van der Waals surface area contributed by atoms with Crippen LogP contribution in [0, 0.1) is 11.3 Å². The van der Waals surface area contributed by atoms with E-state index in [1.165, 1.54) is 5.69 Å². The molecule has 172 valence electrons. The topological polar surface area (TPSA) is 106 Å². The smallest absolute Gasteiger partial charge is 0.320 e. The van der Waals surface area contributed by atoms with Gasteiger partial charge in [0.1, 0.15) is 5.84 Å². The molecule has 2 atom stereocenters. The first-order valence-corrected chi connectivity index (χ1v) is 11.4. The van der Waals surface area contributed by atoms with Gasteiger partial charge in [0, 0.05) is 63.2 Å². The summed E-state index contributed by atoms with van der Waals surface area (Å²) in [5.74, 6) is 0.405. The highest BCUT2D eigenvalue weighted by Gasteiger charge is 2.35. The van der Waals surface area contributed by atoms with E-state index < -0.39 is 0 Å². The molecular weight excluding hydrogens is 394 g/mol. The Morgan fingerprint density at radius 1 is 1.19 bits per heavy atom. The zero-order valence-electron chi connectivity index (χ0n) is 18.6. The molecule has 3 rings (SSSR count). The van der Waals surface area contributed by atoms with Crippen molar-refractivity contribution in [1.82, 2.24) is 9.80 Å². The first kappa shape index (κ1) is 23.5. The number of nitrogen functional groups attached to an aromatic ring is 1. The van der Waals surface area contributed by atoms with Gasteiger partial charge in [0.05, 0.1) is 13.2 Å². The van der Waals surface area contributed by atoms with Crippen molar-refractivity contribution in [3.8, 4) is 0 Å². The first-order chi connectivity index (χ1) is 15.0. The third-order valence-corrected chi connectivity index (χ3v) is 6.50. The van der Waals surface area contributed by atoms with E-state index in [4.69, 9.17) is 15.9 Å². The summed E-state index contributed by atoms with van der Waals surface area (Å²) in [5.41, 5.74) is 7.49. The lowest BCUT2D eigenvalue weighted by atomic mass is 9.86. The summed E-state index contributed by atoms with van der Waals surface area (Å²) in [6.07, 6.45) is 2.83. The van der Waals surface area contributed by atoms with Gasteiger partial charge in [-0.2, -0.15) is 0 Å². The monoisotopic (exact) mass is 431 g/mol. The largest absolute Gasteiger partial charge is 0.465 e. The van der Waals surface area contributed by atoms with Crippen LogP contribution in [0.1, 0.15) is 31.7 Å². The second-order valence-electron chi connectivity index (χ2n) is 8.51. The third-order valence-electron chi connectivity index (χ3n) is 6.50. The molecular formula is C23H37N5O3. The van der Waals surface area contributed by atoms with Crippen molar-refractivity contribution in [3.05, 3.63) is 29.8 Å². The molecule has 0 bridgehead atoms. The van der Waals surface area contributed by atoms with Crippen molar-refractivity contribution in [1.29, 1.82) is 5.41 Å². The maximum atomic E-state index is 11.9. The summed E-state index contributed by atoms with van der Waals surface area (Å²) >= 11 is 0. The summed E-state index contributed by atoms with van der Waals surface area (Å²) in [7, 11) is 0. The van der Waals surface area contributed by atoms with Crippen LogP contribution in [0.5, 0.6) is 0 Å². The second kappa shape index (κ2) is 11.5. The SMILES string of the molecule is CCOC(=O)CN1CCC(N2CCN(c3ccc(C(=N)N)cc3)CC2)C(CCCO)C1. The molecule has 2 saturated heterocycles. The first-order valence-electron chi connectivity index (χ1n) is 11.4. The van der Waals surface area contributed by atoms with Crippen molar-refractivity contribution in [2.75, 3.05) is 63.9 Å². The molecule has 2 aliphatic heterocycles. The van der Waals surface area contributed by atoms with Gasteiger partial charge in [0.15, 0.2) is 0 Å². The number of anilines is 1. The van der Waals surface area contributed by atoms with Crippen LogP contribution < -0.4 is 10.6 Å². The Kier molecular flexibility index (Phi) is 8.69. The number of rotatable bonds is 9. The lowest BCUT2D eigenvalue weighted by Gasteiger charge is -2.47. The molecule has 31 heavy (non-hydrogen) atoms. The molecule has 1 aromatic carbocycles. The number of nitrogens with zero attached hydrogens (tertiary/aromatic N) is 3. The van der Waals surface area contributed by atoms with Crippen molar-refractivity contribution >= 4 is 17.5 Å². The zero-order valence-corrected chi connectivity index (χ0v) is 18.6. The van der Waals surface area contributed by atoms with Gasteiger partial charge in [-0.25, -0.2) is 0 Å². The minimum absolute atomic E-state index is 0.0968. The standard InChI is InChI=1S/C23H37N5O3/c1-2-31-22(30)17-26-10-9-21(19(16-26)4-3-15-29)28-13-11-27(12-14-28)20-7-5-18(6-8-20)23(24)25/h5-8,19,21,29H,2-4,9-17H2,1H3,(H3,24,25). The van der Waals surface area contributed by atoms with E-state index in [0.29, 0.717) is 25.1 Å². The Morgan fingerprint density at radius 2 is 1.90 bits per heavy atom. The number of hydrogen-bond acceptors (Lipinski definition) is 7. The van der Waals surface area contributed by atoms with E-state index in [1.54, 1.807) is 0 Å². The van der Waals surface area contributed by atoms with Crippen molar-refractivity contribution in [2.45, 2.75) is 32.2 Å². The molecule has 2 fully saturated rings. The second-order valence-corrected chi connectivity index (χ2v) is 8.51. The van der Waals surface area contributed by atoms with E-state index in [2.05, 4.69) is 14.7 Å². The molecule has 0 amide bonds. The molecule has 0 radical (unpaired) electrons. The highest BCUT2D eigenvalue weighted by molar-refractivity contribution is 5.95. The number of aliphatic hydroxyl groups is 1. The van der Waals surface area contributed by atoms with Crippen LogP contribution in [-0.2, 0) is 9.53 Å². The van der Waals surface area contributed by atoms with E-state index in [9.17, 15) is 9.90 Å². The molecule has 0 spiro atoms. The van der Waals surface area contributed by atoms with Gasteiger partial charge >= 0.3 is 5.97 Å². The molecule has 0 aliphatic carbocycles. The molecule has 8 heteroatoms. The molecule has 0 aromatic heterocycles. The summed E-state index contributed by atoms with van der Waals surface area (Å²) in [4.78, 5) is 19.1. The number of nitrogens with one attached hydrogen (secondary N) is 1. The summed E-state index contributed by atoms with van der Waals surface area (Å²) in [6, 6.07) is 8.41. The quantitative estimate of drug-likeness (QED) is 0.306. The van der Waals surface area contributed by atoms with Gasteiger partial charge in [0.2, 0.25) is 0 Å². The van der Waals surface area contributed by atoms with E-state index >= 15 is 0 Å². The third kappa shape index (κ3) is 6.41. The fraction of sp³-hybridized carbons (Fsp3) is 0.652. The van der Waals surface area contributed by atoms with Crippen molar-refractivity contribution in [3.63, 3.8) is 0 Å². The molecule has 0 saturated carbocycles. The van der Waals surface area contributed by atoms with Crippen LogP contribution in [0.3, 0.4) is 0 Å². The zero-order chi connectivity index (χ0) is 22.2. The molecule has 8 nitrogen and oxygen atoms in total. The number of amidine groups is 1. The van der Waals surface area contributed by atoms with E-state index in [0.717, 1.165) is 64.1 Å². The van der Waals surface area contributed by atoms with E-state index in [-0.39, 0.29) is 18.4 Å². The van der Waals surface area contributed by atoms with Gasteiger partial charge in [-0.1, -0.05) is 0 Å². The lowest BCUT2D eigenvalue weighted by Crippen LogP contribution is -2.57. The number of nitrogens with two attached hydrogens (primary N) is 1. The average Bonchev–Trinajstić information content (AvgIpc) is 2.78. The number of hydrogen-bond donors (Lipinski definition) is 3. The van der Waals surface area contributed by atoms with Crippen LogP contribution in [0.25, 0.3) is 0 Å². The lowest BCUT2D eigenvalue weighted by molar-refractivity contribution is -0.145. The Balaban J connectivity index is 1.56. The Morgan fingerprint density at radius 3 is 2.52 bits per heavy atom. The van der Waals surface area contributed by atoms with Crippen molar-refractivity contribution in [2.24, 2.45) is 11.7 Å². The highest BCUT2D eigenvalue weighted by Crippen LogP contribution is 2.28. The fourth-order valence-electron chi connectivity index (χ4n) is 4.91. The maximum Gasteiger partial charge on any atom is 0.320 e. The predicted octanol–water partition coefficient (Wildman–Crippen LogP) is 1.12. The Bertz CT molecular complexity index is 718. The maximum absolute atomic E-state index is 11.9.